The van der Waals surface area contributed by atoms with Crippen molar-refractivity contribution in [3.8, 4) is 0 Å². The summed E-state index contributed by atoms with van der Waals surface area (Å²) in [5, 5.41) is 1.45. The second-order valence-electron chi connectivity index (χ2n) is 7.51. The Morgan fingerprint density at radius 1 is 0.960 bits per heavy atom. The molecule has 0 aliphatic carbocycles. The van der Waals surface area contributed by atoms with E-state index in [2.05, 4.69) is 85.0 Å². The second kappa shape index (κ2) is 6.68. The fourth-order valence-corrected chi connectivity index (χ4v) is 4.42. The van der Waals surface area contributed by atoms with E-state index in [-0.39, 0.29) is 0 Å². The van der Waals surface area contributed by atoms with Gasteiger partial charge in [0.25, 0.3) is 0 Å². The Labute approximate surface area is 151 Å². The van der Waals surface area contributed by atoms with Gasteiger partial charge in [-0.1, -0.05) is 48.5 Å². The number of hydrogen-bond donors (Lipinski definition) is 0. The van der Waals surface area contributed by atoms with E-state index in [9.17, 15) is 0 Å². The molecule has 2 nitrogen and oxygen atoms in total. The third-order valence-electron chi connectivity index (χ3n) is 6.02. The molecule has 0 spiro atoms. The number of benzene rings is 2. The van der Waals surface area contributed by atoms with Crippen LogP contribution < -0.4 is 0 Å². The maximum Gasteiger partial charge on any atom is 0.0486 e. The first-order valence-electron chi connectivity index (χ1n) is 9.52. The highest BCUT2D eigenvalue weighted by molar-refractivity contribution is 5.86. The molecule has 25 heavy (non-hydrogen) atoms. The lowest BCUT2D eigenvalue weighted by molar-refractivity contribution is 0.177. The monoisotopic (exact) mass is 332 g/mol. The first-order chi connectivity index (χ1) is 12.2. The van der Waals surface area contributed by atoms with Crippen LogP contribution in [-0.2, 0) is 19.4 Å². The third-order valence-corrected chi connectivity index (χ3v) is 6.02. The lowest BCUT2D eigenvalue weighted by Crippen LogP contribution is -2.38. The summed E-state index contributed by atoms with van der Waals surface area (Å²) in [5.74, 6) is 0. The molecule has 2 atom stereocenters. The molecule has 0 amide bonds. The lowest BCUT2D eigenvalue weighted by atomic mass is 9.93. The van der Waals surface area contributed by atoms with E-state index in [1.807, 2.05) is 0 Å². The molecule has 0 saturated heterocycles. The van der Waals surface area contributed by atoms with Gasteiger partial charge in [0.1, 0.15) is 0 Å². The molecule has 2 heterocycles. The zero-order valence-corrected chi connectivity index (χ0v) is 15.6. The zero-order chi connectivity index (χ0) is 17.4. The van der Waals surface area contributed by atoms with Gasteiger partial charge in [0.05, 0.1) is 0 Å². The Kier molecular flexibility index (Phi) is 4.39. The van der Waals surface area contributed by atoms with Gasteiger partial charge in [-0.25, -0.2) is 0 Å². The molecule has 2 aromatic carbocycles. The van der Waals surface area contributed by atoms with Crippen molar-refractivity contribution in [2.75, 3.05) is 7.05 Å². The summed E-state index contributed by atoms with van der Waals surface area (Å²) in [6.07, 6.45) is 3.48. The van der Waals surface area contributed by atoms with Crippen molar-refractivity contribution in [2.24, 2.45) is 0 Å². The van der Waals surface area contributed by atoms with Gasteiger partial charge in [-0.3, -0.25) is 4.90 Å². The summed E-state index contributed by atoms with van der Waals surface area (Å²) in [6, 6.07) is 20.9. The molecule has 0 saturated carbocycles. The predicted octanol–water partition coefficient (Wildman–Crippen LogP) is 5.21. The van der Waals surface area contributed by atoms with E-state index in [4.69, 9.17) is 0 Å². The van der Waals surface area contributed by atoms with E-state index in [1.165, 1.54) is 22.9 Å². The molecule has 1 aliphatic heterocycles. The number of aromatic nitrogens is 1. The summed E-state index contributed by atoms with van der Waals surface area (Å²) in [7, 11) is 2.26. The minimum absolute atomic E-state index is 0.485. The summed E-state index contributed by atoms with van der Waals surface area (Å²) in [5.41, 5.74) is 5.97. The van der Waals surface area contributed by atoms with Crippen LogP contribution in [0.5, 0.6) is 0 Å². The lowest BCUT2D eigenvalue weighted by Gasteiger charge is -2.36. The average Bonchev–Trinajstić information content (AvgIpc) is 2.94. The van der Waals surface area contributed by atoms with Gasteiger partial charge >= 0.3 is 0 Å². The molecule has 0 radical (unpaired) electrons. The molecule has 0 fully saturated rings. The van der Waals surface area contributed by atoms with Crippen molar-refractivity contribution < 1.29 is 0 Å². The quantitative estimate of drug-likeness (QED) is 0.636. The maximum atomic E-state index is 2.60. The Morgan fingerprint density at radius 2 is 1.68 bits per heavy atom. The minimum Gasteiger partial charge on any atom is -0.344 e. The standard InChI is InChI=1S/C23H28N2/c1-17-16-22-23(18(2)24(17)3)20-13-7-8-14-21(20)25(22)15-9-12-19-10-5-4-6-11-19/h4-8,10-11,13-14,17-18H,9,12,15-16H2,1-3H3. The van der Waals surface area contributed by atoms with Gasteiger partial charge in [0.2, 0.25) is 0 Å². The summed E-state index contributed by atoms with van der Waals surface area (Å²) >= 11 is 0. The highest BCUT2D eigenvalue weighted by Gasteiger charge is 2.31. The van der Waals surface area contributed by atoms with Gasteiger partial charge in [-0.15, -0.1) is 0 Å². The van der Waals surface area contributed by atoms with Crippen LogP contribution in [0.4, 0.5) is 0 Å². The van der Waals surface area contributed by atoms with Gasteiger partial charge < -0.3 is 4.57 Å². The number of aryl methyl sites for hydroxylation is 2. The first-order valence-corrected chi connectivity index (χ1v) is 9.52. The Bertz CT molecular complexity index is 862. The molecular weight excluding hydrogens is 304 g/mol. The minimum atomic E-state index is 0.485. The molecule has 1 aromatic heterocycles. The molecule has 0 bridgehead atoms. The Morgan fingerprint density at radius 3 is 2.48 bits per heavy atom. The third kappa shape index (κ3) is 2.89. The molecule has 2 heteroatoms. The largest absolute Gasteiger partial charge is 0.344 e. The second-order valence-corrected chi connectivity index (χ2v) is 7.51. The number of likely N-dealkylation sites (N-methyl/N-ethyl adjacent to an activating group) is 1. The number of nitrogens with zero attached hydrogens (tertiary/aromatic N) is 2. The van der Waals surface area contributed by atoms with Crippen LogP contribution in [0, 0.1) is 0 Å². The Balaban J connectivity index is 1.68. The predicted molar refractivity (Wildman–Crippen MR) is 106 cm³/mol. The number of para-hydroxylation sites is 1. The average molecular weight is 332 g/mol. The molecule has 4 rings (SSSR count). The fourth-order valence-electron chi connectivity index (χ4n) is 4.42. The maximum absolute atomic E-state index is 2.60. The van der Waals surface area contributed by atoms with Crippen molar-refractivity contribution in [3.63, 3.8) is 0 Å². The molecule has 3 aromatic rings. The van der Waals surface area contributed by atoms with Crippen molar-refractivity contribution >= 4 is 10.9 Å². The zero-order valence-electron chi connectivity index (χ0n) is 15.6. The van der Waals surface area contributed by atoms with Crippen LogP contribution in [0.3, 0.4) is 0 Å². The number of rotatable bonds is 4. The fraction of sp³-hybridized carbons (Fsp3) is 0.391. The molecule has 1 aliphatic rings. The van der Waals surface area contributed by atoms with Crippen molar-refractivity contribution in [2.45, 2.75) is 51.7 Å². The van der Waals surface area contributed by atoms with Crippen LogP contribution >= 0.6 is 0 Å². The molecule has 0 N–H and O–H groups in total. The highest BCUT2D eigenvalue weighted by Crippen LogP contribution is 2.39. The van der Waals surface area contributed by atoms with Crippen LogP contribution in [0.1, 0.15) is 43.1 Å². The van der Waals surface area contributed by atoms with Crippen molar-refractivity contribution in [1.29, 1.82) is 0 Å². The summed E-state index contributed by atoms with van der Waals surface area (Å²) in [4.78, 5) is 2.52. The summed E-state index contributed by atoms with van der Waals surface area (Å²) < 4.78 is 2.60. The van der Waals surface area contributed by atoms with Gasteiger partial charge in [-0.2, -0.15) is 0 Å². The number of hydrogen-bond acceptors (Lipinski definition) is 1. The van der Waals surface area contributed by atoms with Gasteiger partial charge in [0, 0.05) is 41.6 Å². The molecular formula is C23H28N2. The van der Waals surface area contributed by atoms with Crippen LogP contribution in [0.15, 0.2) is 54.6 Å². The SMILES string of the molecule is CC1Cc2c(c3ccccc3n2CCCc2ccccc2)C(C)N1C. The topological polar surface area (TPSA) is 8.17 Å². The van der Waals surface area contributed by atoms with E-state index in [0.717, 1.165) is 19.4 Å². The highest BCUT2D eigenvalue weighted by atomic mass is 15.2. The van der Waals surface area contributed by atoms with Crippen LogP contribution in [0.25, 0.3) is 10.9 Å². The van der Waals surface area contributed by atoms with E-state index in [0.29, 0.717) is 12.1 Å². The summed E-state index contributed by atoms with van der Waals surface area (Å²) in [6.45, 7) is 5.81. The van der Waals surface area contributed by atoms with E-state index < -0.39 is 0 Å². The normalized spacial score (nSPS) is 20.8. The molecule has 130 valence electrons. The Hall–Kier alpha value is -2.06. The van der Waals surface area contributed by atoms with Crippen molar-refractivity contribution in [3.05, 3.63) is 71.4 Å². The van der Waals surface area contributed by atoms with Crippen LogP contribution in [-0.4, -0.2) is 22.6 Å². The van der Waals surface area contributed by atoms with Crippen LogP contribution in [0.2, 0.25) is 0 Å². The van der Waals surface area contributed by atoms with Gasteiger partial charge in [0.15, 0.2) is 0 Å². The first kappa shape index (κ1) is 16.4. The smallest absolute Gasteiger partial charge is 0.0486 e. The molecule has 2 unspecified atom stereocenters. The van der Waals surface area contributed by atoms with E-state index in [1.54, 1.807) is 11.3 Å². The van der Waals surface area contributed by atoms with Gasteiger partial charge in [-0.05, 0) is 50.9 Å². The number of fused-ring (bicyclic) bond motifs is 3. The van der Waals surface area contributed by atoms with Crippen molar-refractivity contribution in [1.82, 2.24) is 9.47 Å². The van der Waals surface area contributed by atoms with E-state index >= 15 is 0 Å².